The molecule has 3 fully saturated rings. The Hall–Kier alpha value is -1.06. The van der Waals surface area contributed by atoms with E-state index in [1.54, 1.807) is 0 Å². The predicted octanol–water partition coefficient (Wildman–Crippen LogP) is 6.46. The lowest BCUT2D eigenvalue weighted by atomic mass is 10.0. The molecule has 5 rings (SSSR count). The summed E-state index contributed by atoms with van der Waals surface area (Å²) in [6.07, 6.45) is 8.55. The average molecular weight is 442 g/mol. The summed E-state index contributed by atoms with van der Waals surface area (Å²) in [5, 5.41) is 0. The molecule has 0 N–H and O–H groups in total. The lowest BCUT2D eigenvalue weighted by Gasteiger charge is -2.34. The second kappa shape index (κ2) is 11.4. The Kier molecular flexibility index (Phi) is 9.09. The zero-order valence-corrected chi connectivity index (χ0v) is 22.2. The second-order valence-corrected chi connectivity index (χ2v) is 12.0. The van der Waals surface area contributed by atoms with Crippen molar-refractivity contribution in [1.82, 2.24) is 9.80 Å². The molecule has 1 saturated carbocycles. The maximum absolute atomic E-state index is 2.65. The fraction of sp³-hybridized carbons (Fsp3) is 0.793. The monoisotopic (exact) mass is 441 g/mol. The lowest BCUT2D eigenvalue weighted by Crippen LogP contribution is -2.40. The summed E-state index contributed by atoms with van der Waals surface area (Å²) < 4.78 is 0. The van der Waals surface area contributed by atoms with Crippen molar-refractivity contribution in [3.8, 4) is 0 Å². The van der Waals surface area contributed by atoms with Crippen molar-refractivity contribution >= 4 is 5.69 Å². The maximum atomic E-state index is 2.65. The van der Waals surface area contributed by atoms with Gasteiger partial charge in [-0.3, -0.25) is 0 Å². The number of hydrogen-bond donors (Lipinski definition) is 0. The first kappa shape index (κ1) is 25.6. The van der Waals surface area contributed by atoms with Crippen molar-refractivity contribution < 1.29 is 0 Å². The van der Waals surface area contributed by atoms with Crippen molar-refractivity contribution in [2.24, 2.45) is 11.8 Å². The largest absolute Gasteiger partial charge is 0.366 e. The molecule has 0 amide bonds. The van der Waals surface area contributed by atoms with Crippen LogP contribution in [0, 0.1) is 11.8 Å². The Morgan fingerprint density at radius 2 is 1.31 bits per heavy atom. The molecule has 0 bridgehead atoms. The van der Waals surface area contributed by atoms with Gasteiger partial charge in [-0.2, -0.15) is 0 Å². The van der Waals surface area contributed by atoms with Crippen LogP contribution in [0.2, 0.25) is 0 Å². The molecule has 1 aliphatic carbocycles. The number of benzene rings is 1. The Morgan fingerprint density at radius 1 is 0.750 bits per heavy atom. The number of rotatable bonds is 2. The molecule has 2 atom stereocenters. The van der Waals surface area contributed by atoms with Crippen LogP contribution in [0.1, 0.15) is 86.1 Å². The van der Waals surface area contributed by atoms with E-state index < -0.39 is 0 Å². The topological polar surface area (TPSA) is 9.72 Å². The number of para-hydroxylation sites is 1. The van der Waals surface area contributed by atoms with Gasteiger partial charge in [-0.1, -0.05) is 24.6 Å². The molecule has 0 radical (unpaired) electrons. The summed E-state index contributed by atoms with van der Waals surface area (Å²) in [5.41, 5.74) is 3.18. The third-order valence-corrected chi connectivity index (χ3v) is 8.05. The molecular weight excluding hydrogens is 390 g/mol. The highest BCUT2D eigenvalue weighted by Gasteiger charge is 2.36. The highest BCUT2D eigenvalue weighted by Crippen LogP contribution is 2.38. The van der Waals surface area contributed by atoms with Crippen LogP contribution in [0.3, 0.4) is 0 Å². The third kappa shape index (κ3) is 6.73. The van der Waals surface area contributed by atoms with Gasteiger partial charge in [0.05, 0.1) is 0 Å². The van der Waals surface area contributed by atoms with Gasteiger partial charge in [0.25, 0.3) is 0 Å². The molecular formula is C29H51N3. The third-order valence-electron chi connectivity index (χ3n) is 8.05. The minimum Gasteiger partial charge on any atom is -0.366 e. The molecule has 0 aromatic heterocycles. The van der Waals surface area contributed by atoms with Crippen LogP contribution in [-0.2, 0) is 6.42 Å². The van der Waals surface area contributed by atoms with Gasteiger partial charge in [0.2, 0.25) is 0 Å². The van der Waals surface area contributed by atoms with Crippen LogP contribution < -0.4 is 4.90 Å². The maximum Gasteiger partial charge on any atom is 0.0403 e. The SMILES string of the molecule is CC(C)(C)N1CCc2ccccc21.CC(C)N1CC2CCCC2C1.CC(C)N1CCCC1. The molecule has 2 saturated heterocycles. The summed E-state index contributed by atoms with van der Waals surface area (Å²) in [6, 6.07) is 10.3. The standard InChI is InChI=1S/C12H17N.C10H19N.C7H15N/c1-12(2,3)13-9-8-10-6-4-5-7-11(10)13;1-8(2)11-6-9-4-3-5-10(9)7-11;1-7(2)8-5-3-4-6-8/h4-7H,8-9H2,1-3H3;8-10H,3-7H2,1-2H3;7H,3-6H2,1-2H3. The Morgan fingerprint density at radius 3 is 1.81 bits per heavy atom. The van der Waals surface area contributed by atoms with E-state index in [0.29, 0.717) is 0 Å². The molecule has 3 nitrogen and oxygen atoms in total. The van der Waals surface area contributed by atoms with Crippen LogP contribution >= 0.6 is 0 Å². The minimum atomic E-state index is 0.257. The molecule has 4 aliphatic rings. The molecule has 3 aliphatic heterocycles. The smallest absolute Gasteiger partial charge is 0.0403 e. The van der Waals surface area contributed by atoms with Crippen molar-refractivity contribution in [2.75, 3.05) is 37.6 Å². The highest BCUT2D eigenvalue weighted by molar-refractivity contribution is 5.59. The molecule has 2 unspecified atom stereocenters. The average Bonchev–Trinajstić information content (AvgIpc) is 3.51. The number of hydrogen-bond acceptors (Lipinski definition) is 3. The van der Waals surface area contributed by atoms with Gasteiger partial charge < -0.3 is 14.7 Å². The number of likely N-dealkylation sites (tertiary alicyclic amines) is 2. The summed E-state index contributed by atoms with van der Waals surface area (Å²) in [7, 11) is 0. The molecule has 3 heterocycles. The fourth-order valence-electron chi connectivity index (χ4n) is 5.99. The molecule has 182 valence electrons. The first-order valence-electron chi connectivity index (χ1n) is 13.5. The zero-order chi connectivity index (χ0) is 23.3. The van der Waals surface area contributed by atoms with Gasteiger partial charge in [0.1, 0.15) is 0 Å². The summed E-state index contributed by atoms with van der Waals surface area (Å²) in [4.78, 5) is 7.66. The molecule has 0 spiro atoms. The van der Waals surface area contributed by atoms with Crippen molar-refractivity contribution in [3.63, 3.8) is 0 Å². The molecule has 1 aromatic rings. The second-order valence-electron chi connectivity index (χ2n) is 12.0. The first-order chi connectivity index (χ1) is 15.2. The summed E-state index contributed by atoms with van der Waals surface area (Å²) >= 11 is 0. The normalized spacial score (nSPS) is 25.5. The van der Waals surface area contributed by atoms with Gasteiger partial charge in [0, 0.05) is 42.9 Å². The zero-order valence-electron chi connectivity index (χ0n) is 22.2. The summed E-state index contributed by atoms with van der Waals surface area (Å²) in [6.45, 7) is 22.6. The van der Waals surface area contributed by atoms with E-state index in [9.17, 15) is 0 Å². The van der Waals surface area contributed by atoms with E-state index in [0.717, 1.165) is 23.9 Å². The highest BCUT2D eigenvalue weighted by atomic mass is 15.2. The van der Waals surface area contributed by atoms with Gasteiger partial charge >= 0.3 is 0 Å². The Labute approximate surface area is 199 Å². The van der Waals surface area contributed by atoms with E-state index in [-0.39, 0.29) is 5.54 Å². The van der Waals surface area contributed by atoms with Crippen LogP contribution in [0.15, 0.2) is 24.3 Å². The predicted molar refractivity (Wildman–Crippen MR) is 141 cm³/mol. The van der Waals surface area contributed by atoms with Gasteiger partial charge in [-0.05, 0) is 117 Å². The van der Waals surface area contributed by atoms with Crippen molar-refractivity contribution in [1.29, 1.82) is 0 Å². The van der Waals surface area contributed by atoms with E-state index in [4.69, 9.17) is 0 Å². The van der Waals surface area contributed by atoms with Crippen molar-refractivity contribution in [3.05, 3.63) is 29.8 Å². The number of fused-ring (bicyclic) bond motifs is 2. The summed E-state index contributed by atoms with van der Waals surface area (Å²) in [5.74, 6) is 2.13. The minimum absolute atomic E-state index is 0.257. The van der Waals surface area contributed by atoms with E-state index in [1.165, 1.54) is 82.5 Å². The number of anilines is 1. The van der Waals surface area contributed by atoms with E-state index in [1.807, 2.05) is 0 Å². The quantitative estimate of drug-likeness (QED) is 0.521. The lowest BCUT2D eigenvalue weighted by molar-refractivity contribution is 0.254. The fourth-order valence-corrected chi connectivity index (χ4v) is 5.99. The molecule has 3 heteroatoms. The molecule has 32 heavy (non-hydrogen) atoms. The van der Waals surface area contributed by atoms with Gasteiger partial charge in [-0.25, -0.2) is 0 Å². The van der Waals surface area contributed by atoms with Crippen LogP contribution in [-0.4, -0.2) is 60.1 Å². The van der Waals surface area contributed by atoms with Gasteiger partial charge in [0.15, 0.2) is 0 Å². The Bertz CT molecular complexity index is 672. The van der Waals surface area contributed by atoms with Crippen molar-refractivity contribution in [2.45, 2.75) is 105 Å². The Balaban J connectivity index is 0.000000140. The first-order valence-corrected chi connectivity index (χ1v) is 13.5. The molecule has 1 aromatic carbocycles. The van der Waals surface area contributed by atoms with E-state index >= 15 is 0 Å². The number of nitrogens with zero attached hydrogens (tertiary/aromatic N) is 3. The van der Waals surface area contributed by atoms with Crippen LogP contribution in [0.25, 0.3) is 0 Å². The van der Waals surface area contributed by atoms with E-state index in [2.05, 4.69) is 87.4 Å². The van der Waals surface area contributed by atoms with Gasteiger partial charge in [-0.15, -0.1) is 0 Å². The van der Waals surface area contributed by atoms with Crippen LogP contribution in [0.5, 0.6) is 0 Å². The van der Waals surface area contributed by atoms with Crippen LogP contribution in [0.4, 0.5) is 5.69 Å².